The number of fused-ring (bicyclic) bond motifs is 1. The Labute approximate surface area is 148 Å². The Hall–Kier alpha value is -2.02. The zero-order valence-corrected chi connectivity index (χ0v) is 14.3. The molecule has 0 saturated heterocycles. The maximum absolute atomic E-state index is 13.2. The minimum absolute atomic E-state index is 0.227. The molecule has 1 N–H and O–H groups in total. The van der Waals surface area contributed by atoms with Crippen molar-refractivity contribution in [3.8, 4) is 0 Å². The van der Waals surface area contributed by atoms with Gasteiger partial charge in [0.15, 0.2) is 5.69 Å². The fraction of sp³-hybridized carbons (Fsp3) is 0.412. The van der Waals surface area contributed by atoms with Gasteiger partial charge in [-0.25, -0.2) is 0 Å². The first-order chi connectivity index (χ1) is 11.8. The van der Waals surface area contributed by atoms with Gasteiger partial charge in [-0.1, -0.05) is 17.7 Å². The predicted octanol–water partition coefficient (Wildman–Crippen LogP) is 4.38. The molecule has 0 fully saturated rings. The van der Waals surface area contributed by atoms with Gasteiger partial charge in [-0.2, -0.15) is 18.3 Å². The Kier molecular flexibility index (Phi) is 4.77. The molecule has 2 aromatic rings. The molecule has 0 spiro atoms. The number of nitrogens with zero attached hydrogens (tertiary/aromatic N) is 2. The van der Waals surface area contributed by atoms with Gasteiger partial charge in [-0.15, -0.1) is 0 Å². The van der Waals surface area contributed by atoms with Crippen LogP contribution in [0.2, 0.25) is 5.02 Å². The maximum atomic E-state index is 13.2. The molecule has 134 valence electrons. The second kappa shape index (κ2) is 6.71. The third kappa shape index (κ3) is 3.66. The third-order valence-electron chi connectivity index (χ3n) is 4.36. The first kappa shape index (κ1) is 17.8. The van der Waals surface area contributed by atoms with Crippen molar-refractivity contribution in [1.29, 1.82) is 0 Å². The van der Waals surface area contributed by atoms with Gasteiger partial charge in [0.1, 0.15) is 6.54 Å². The Morgan fingerprint density at radius 1 is 1.32 bits per heavy atom. The van der Waals surface area contributed by atoms with Crippen LogP contribution in [0.1, 0.15) is 35.4 Å². The molecule has 1 aliphatic rings. The molecule has 0 unspecified atom stereocenters. The molecule has 25 heavy (non-hydrogen) atoms. The van der Waals surface area contributed by atoms with Crippen molar-refractivity contribution < 1.29 is 18.0 Å². The van der Waals surface area contributed by atoms with Gasteiger partial charge < -0.3 is 5.32 Å². The molecular weight excluding hydrogens is 355 g/mol. The minimum Gasteiger partial charge on any atom is -0.324 e. The molecule has 0 atom stereocenters. The van der Waals surface area contributed by atoms with E-state index in [1.54, 1.807) is 25.1 Å². The number of anilines is 1. The molecule has 4 nitrogen and oxygen atoms in total. The average Bonchev–Trinajstić information content (AvgIpc) is 2.91. The molecule has 0 saturated carbocycles. The van der Waals surface area contributed by atoms with Crippen LogP contribution in [0.4, 0.5) is 18.9 Å². The molecule has 1 amide bonds. The number of nitrogens with one attached hydrogen (secondary N) is 1. The lowest BCUT2D eigenvalue weighted by molar-refractivity contribution is -0.142. The first-order valence-electron chi connectivity index (χ1n) is 7.98. The van der Waals surface area contributed by atoms with Crippen molar-refractivity contribution in [3.05, 3.63) is 45.7 Å². The van der Waals surface area contributed by atoms with Crippen molar-refractivity contribution >= 4 is 23.2 Å². The van der Waals surface area contributed by atoms with Gasteiger partial charge in [-0.05, 0) is 50.3 Å². The zero-order valence-electron chi connectivity index (χ0n) is 13.6. The topological polar surface area (TPSA) is 46.9 Å². The number of aromatic nitrogens is 2. The number of rotatable bonds is 3. The Balaban J connectivity index is 1.84. The van der Waals surface area contributed by atoms with Crippen molar-refractivity contribution in [2.24, 2.45) is 0 Å². The number of carbonyl (C=O) groups excluding carboxylic acids is 1. The van der Waals surface area contributed by atoms with E-state index in [1.807, 2.05) is 0 Å². The summed E-state index contributed by atoms with van der Waals surface area (Å²) in [5.74, 6) is -0.435. The highest BCUT2D eigenvalue weighted by molar-refractivity contribution is 6.31. The standard InChI is InChI=1S/C17H17ClF3N3O/c1-10-12(18)6-4-7-13(10)22-15(25)9-24-14-8-3-2-5-11(14)16(23-24)17(19,20)21/h4,6-7H,2-3,5,8-9H2,1H3,(H,22,25). The largest absolute Gasteiger partial charge is 0.435 e. The summed E-state index contributed by atoms with van der Waals surface area (Å²) in [4.78, 5) is 12.3. The summed E-state index contributed by atoms with van der Waals surface area (Å²) in [5, 5.41) is 6.89. The molecule has 1 heterocycles. The molecule has 1 aromatic heterocycles. The van der Waals surface area contributed by atoms with Crippen LogP contribution in [-0.2, 0) is 30.4 Å². The summed E-state index contributed by atoms with van der Waals surface area (Å²) in [6, 6.07) is 5.09. The molecule has 0 radical (unpaired) electrons. The first-order valence-corrected chi connectivity index (χ1v) is 8.36. The smallest absolute Gasteiger partial charge is 0.324 e. The van der Waals surface area contributed by atoms with Gasteiger partial charge in [-0.3, -0.25) is 9.48 Å². The van der Waals surface area contributed by atoms with E-state index >= 15 is 0 Å². The molecular formula is C17H17ClF3N3O. The van der Waals surface area contributed by atoms with Crippen LogP contribution >= 0.6 is 11.6 Å². The van der Waals surface area contributed by atoms with Gasteiger partial charge in [0, 0.05) is 22.0 Å². The molecule has 0 bridgehead atoms. The number of benzene rings is 1. The molecule has 8 heteroatoms. The Morgan fingerprint density at radius 3 is 2.76 bits per heavy atom. The summed E-state index contributed by atoms with van der Waals surface area (Å²) >= 11 is 6.01. The maximum Gasteiger partial charge on any atom is 0.435 e. The van der Waals surface area contributed by atoms with Crippen LogP contribution in [0.5, 0.6) is 0 Å². The van der Waals surface area contributed by atoms with Crippen LogP contribution in [0.25, 0.3) is 0 Å². The van der Waals surface area contributed by atoms with Crippen LogP contribution in [0.15, 0.2) is 18.2 Å². The molecule has 0 aliphatic heterocycles. The third-order valence-corrected chi connectivity index (χ3v) is 4.77. The van der Waals surface area contributed by atoms with E-state index in [0.29, 0.717) is 41.2 Å². The van der Waals surface area contributed by atoms with E-state index < -0.39 is 17.8 Å². The van der Waals surface area contributed by atoms with Gasteiger partial charge in [0.25, 0.3) is 0 Å². The quantitative estimate of drug-likeness (QED) is 0.870. The van der Waals surface area contributed by atoms with Crippen LogP contribution in [0, 0.1) is 6.92 Å². The van der Waals surface area contributed by atoms with Gasteiger partial charge in [0.05, 0.1) is 0 Å². The highest BCUT2D eigenvalue weighted by atomic mass is 35.5. The summed E-state index contributed by atoms with van der Waals surface area (Å²) in [5.41, 5.74) is 1.11. The number of amides is 1. The van der Waals surface area contributed by atoms with Crippen molar-refractivity contribution in [3.63, 3.8) is 0 Å². The number of hydrogen-bond donors (Lipinski definition) is 1. The van der Waals surface area contributed by atoms with Gasteiger partial charge in [0.2, 0.25) is 5.91 Å². The summed E-state index contributed by atoms with van der Waals surface area (Å²) in [7, 11) is 0. The summed E-state index contributed by atoms with van der Waals surface area (Å²) < 4.78 is 40.7. The normalized spacial score (nSPS) is 14.3. The lowest BCUT2D eigenvalue weighted by Crippen LogP contribution is -2.22. The van der Waals surface area contributed by atoms with E-state index in [-0.39, 0.29) is 12.1 Å². The number of hydrogen-bond acceptors (Lipinski definition) is 2. The van der Waals surface area contributed by atoms with Crippen molar-refractivity contribution in [2.45, 2.75) is 45.3 Å². The minimum atomic E-state index is -4.51. The van der Waals surface area contributed by atoms with E-state index in [2.05, 4.69) is 10.4 Å². The van der Waals surface area contributed by atoms with Crippen molar-refractivity contribution in [1.82, 2.24) is 9.78 Å². The fourth-order valence-corrected chi connectivity index (χ4v) is 3.27. The molecule has 1 aliphatic carbocycles. The highest BCUT2D eigenvalue weighted by Crippen LogP contribution is 2.35. The number of alkyl halides is 3. The zero-order chi connectivity index (χ0) is 18.2. The molecule has 1 aromatic carbocycles. The average molecular weight is 372 g/mol. The second-order valence-electron chi connectivity index (χ2n) is 6.10. The summed E-state index contributed by atoms with van der Waals surface area (Å²) in [6.07, 6.45) is -2.16. The van der Waals surface area contributed by atoms with Crippen LogP contribution in [-0.4, -0.2) is 15.7 Å². The van der Waals surface area contributed by atoms with Crippen molar-refractivity contribution in [2.75, 3.05) is 5.32 Å². The Bertz CT molecular complexity index is 814. The lowest BCUT2D eigenvalue weighted by atomic mass is 9.95. The molecule has 3 rings (SSSR count). The number of halogens is 4. The van der Waals surface area contributed by atoms with Crippen LogP contribution < -0.4 is 5.32 Å². The number of carbonyl (C=O) groups is 1. The highest BCUT2D eigenvalue weighted by Gasteiger charge is 2.39. The van der Waals surface area contributed by atoms with E-state index in [9.17, 15) is 18.0 Å². The van der Waals surface area contributed by atoms with E-state index in [1.165, 1.54) is 4.68 Å². The SMILES string of the molecule is Cc1c(Cl)cccc1NC(=O)Cn1nc(C(F)(F)F)c2c1CCCC2. The lowest BCUT2D eigenvalue weighted by Gasteiger charge is -2.15. The van der Waals surface area contributed by atoms with Gasteiger partial charge >= 0.3 is 6.18 Å². The summed E-state index contributed by atoms with van der Waals surface area (Å²) in [6.45, 7) is 1.50. The fourth-order valence-electron chi connectivity index (χ4n) is 3.10. The van der Waals surface area contributed by atoms with Crippen LogP contribution in [0.3, 0.4) is 0 Å². The second-order valence-corrected chi connectivity index (χ2v) is 6.50. The monoisotopic (exact) mass is 371 g/mol. The predicted molar refractivity (Wildman–Crippen MR) is 88.7 cm³/mol. The van der Waals surface area contributed by atoms with E-state index in [0.717, 1.165) is 6.42 Å². The van der Waals surface area contributed by atoms with E-state index in [4.69, 9.17) is 11.6 Å². The Morgan fingerprint density at radius 2 is 2.04 bits per heavy atom.